The van der Waals surface area contributed by atoms with Gasteiger partial charge in [0.15, 0.2) is 0 Å². The second kappa shape index (κ2) is 5.75. The van der Waals surface area contributed by atoms with Gasteiger partial charge in [-0.1, -0.05) is 19.3 Å². The Morgan fingerprint density at radius 1 is 1.43 bits per heavy atom. The normalized spacial score (nSPS) is 16.7. The number of carboxylic acid groups (broad SMARTS) is 1. The number of nitrogens with one attached hydrogen (secondary N) is 1. The molecule has 2 N–H and O–H groups in total. The van der Waals surface area contributed by atoms with Gasteiger partial charge in [0, 0.05) is 6.07 Å². The van der Waals surface area contributed by atoms with E-state index >= 15 is 0 Å². The SMILES string of the molecule is N#Cc1nc(NC2(C(=O)O)CCCCC2)ccc1[N+](=O)[O-]. The Morgan fingerprint density at radius 3 is 2.62 bits per heavy atom. The van der Waals surface area contributed by atoms with Crippen molar-refractivity contribution in [1.29, 1.82) is 5.26 Å². The van der Waals surface area contributed by atoms with Crippen molar-refractivity contribution in [3.05, 3.63) is 27.9 Å². The van der Waals surface area contributed by atoms with E-state index < -0.39 is 22.1 Å². The number of nitrogens with zero attached hydrogens (tertiary/aromatic N) is 3. The second-order valence-electron chi connectivity index (χ2n) is 5.01. The number of carbonyl (C=O) groups is 1. The molecule has 21 heavy (non-hydrogen) atoms. The Bertz CT molecular complexity index is 617. The molecule has 1 heterocycles. The van der Waals surface area contributed by atoms with Gasteiger partial charge in [0.2, 0.25) is 5.69 Å². The van der Waals surface area contributed by atoms with E-state index in [4.69, 9.17) is 5.26 Å². The van der Waals surface area contributed by atoms with Crippen molar-refractivity contribution in [1.82, 2.24) is 4.98 Å². The molecule has 1 aliphatic carbocycles. The summed E-state index contributed by atoms with van der Waals surface area (Å²) in [4.78, 5) is 25.5. The number of carboxylic acids is 1. The molecule has 0 bridgehead atoms. The lowest BCUT2D eigenvalue weighted by Gasteiger charge is -2.34. The molecular weight excluding hydrogens is 276 g/mol. The summed E-state index contributed by atoms with van der Waals surface area (Å²) in [7, 11) is 0. The topological polar surface area (TPSA) is 129 Å². The number of hydrogen-bond donors (Lipinski definition) is 2. The minimum absolute atomic E-state index is 0.168. The summed E-state index contributed by atoms with van der Waals surface area (Å²) >= 11 is 0. The minimum atomic E-state index is -1.12. The van der Waals surface area contributed by atoms with Crippen LogP contribution in [0.2, 0.25) is 0 Å². The van der Waals surface area contributed by atoms with Crippen LogP contribution in [-0.4, -0.2) is 26.5 Å². The van der Waals surface area contributed by atoms with E-state index in [2.05, 4.69) is 10.3 Å². The molecule has 110 valence electrons. The zero-order valence-corrected chi connectivity index (χ0v) is 11.2. The predicted octanol–water partition coefficient (Wildman–Crippen LogP) is 2.06. The fraction of sp³-hybridized carbons (Fsp3) is 0.462. The number of rotatable bonds is 4. The van der Waals surface area contributed by atoms with Crippen LogP contribution in [0.3, 0.4) is 0 Å². The molecule has 8 heteroatoms. The maximum absolute atomic E-state index is 11.5. The molecule has 0 saturated heterocycles. The Kier molecular flexibility index (Phi) is 4.03. The van der Waals surface area contributed by atoms with Gasteiger partial charge < -0.3 is 10.4 Å². The van der Waals surface area contributed by atoms with Crippen LogP contribution >= 0.6 is 0 Å². The zero-order valence-electron chi connectivity index (χ0n) is 11.2. The molecular formula is C13H14N4O4. The maximum Gasteiger partial charge on any atom is 0.329 e. The van der Waals surface area contributed by atoms with Crippen LogP contribution in [0, 0.1) is 21.4 Å². The van der Waals surface area contributed by atoms with E-state index in [1.54, 1.807) is 6.07 Å². The summed E-state index contributed by atoms with van der Waals surface area (Å²) in [5.74, 6) is -0.803. The molecule has 0 radical (unpaired) electrons. The van der Waals surface area contributed by atoms with E-state index in [-0.39, 0.29) is 11.5 Å². The molecule has 1 aromatic heterocycles. The van der Waals surface area contributed by atoms with Crippen molar-refractivity contribution in [2.75, 3.05) is 5.32 Å². The standard InChI is InChI=1S/C13H14N4O4/c14-8-9-10(17(20)21)4-5-11(15-9)16-13(12(18)19)6-2-1-3-7-13/h4-5H,1-3,6-7H2,(H,15,16)(H,18,19). The molecule has 1 aliphatic rings. The van der Waals surface area contributed by atoms with E-state index in [1.807, 2.05) is 0 Å². The molecule has 0 unspecified atom stereocenters. The van der Waals surface area contributed by atoms with E-state index in [0.717, 1.165) is 25.3 Å². The van der Waals surface area contributed by atoms with Crippen LogP contribution in [0.5, 0.6) is 0 Å². The molecule has 8 nitrogen and oxygen atoms in total. The lowest BCUT2D eigenvalue weighted by molar-refractivity contribution is -0.385. The van der Waals surface area contributed by atoms with Gasteiger partial charge in [0.1, 0.15) is 17.4 Å². The van der Waals surface area contributed by atoms with Crippen molar-refractivity contribution < 1.29 is 14.8 Å². The number of nitro groups is 1. The van der Waals surface area contributed by atoms with Gasteiger partial charge in [0.25, 0.3) is 0 Å². The molecule has 0 aliphatic heterocycles. The van der Waals surface area contributed by atoms with E-state index in [1.165, 1.54) is 6.07 Å². The molecule has 1 fully saturated rings. The molecule has 2 rings (SSSR count). The first-order valence-corrected chi connectivity index (χ1v) is 6.56. The summed E-state index contributed by atoms with van der Waals surface area (Å²) in [6.07, 6.45) is 3.48. The highest BCUT2D eigenvalue weighted by Crippen LogP contribution is 2.32. The van der Waals surface area contributed by atoms with Crippen LogP contribution in [-0.2, 0) is 4.79 Å². The molecule has 0 atom stereocenters. The molecule has 0 aromatic carbocycles. The third-order valence-corrected chi connectivity index (χ3v) is 3.66. The van der Waals surface area contributed by atoms with Crippen LogP contribution < -0.4 is 5.32 Å². The van der Waals surface area contributed by atoms with Gasteiger partial charge >= 0.3 is 11.7 Å². The fourth-order valence-corrected chi connectivity index (χ4v) is 2.54. The monoisotopic (exact) mass is 290 g/mol. The summed E-state index contributed by atoms with van der Waals surface area (Å²) < 4.78 is 0. The largest absolute Gasteiger partial charge is 0.480 e. The molecule has 0 amide bonds. The lowest BCUT2D eigenvalue weighted by atomic mass is 9.81. The highest BCUT2D eigenvalue weighted by atomic mass is 16.6. The van der Waals surface area contributed by atoms with Gasteiger partial charge in [0.05, 0.1) is 4.92 Å². The Labute approximate surface area is 120 Å². The number of pyridine rings is 1. The minimum Gasteiger partial charge on any atom is -0.480 e. The number of aromatic nitrogens is 1. The first kappa shape index (κ1) is 14.7. The van der Waals surface area contributed by atoms with Crippen LogP contribution in [0.25, 0.3) is 0 Å². The third-order valence-electron chi connectivity index (χ3n) is 3.66. The fourth-order valence-electron chi connectivity index (χ4n) is 2.54. The summed E-state index contributed by atoms with van der Waals surface area (Å²) in [6, 6.07) is 4.15. The smallest absolute Gasteiger partial charge is 0.329 e. The average Bonchev–Trinajstić information content (AvgIpc) is 2.47. The highest BCUT2D eigenvalue weighted by Gasteiger charge is 2.40. The van der Waals surface area contributed by atoms with Crippen molar-refractivity contribution in [3.63, 3.8) is 0 Å². The van der Waals surface area contributed by atoms with Crippen molar-refractivity contribution in [3.8, 4) is 6.07 Å². The van der Waals surface area contributed by atoms with Crippen molar-refractivity contribution in [2.45, 2.75) is 37.6 Å². The number of nitriles is 1. The predicted molar refractivity (Wildman–Crippen MR) is 72.7 cm³/mol. The average molecular weight is 290 g/mol. The number of hydrogen-bond acceptors (Lipinski definition) is 6. The van der Waals surface area contributed by atoms with Gasteiger partial charge in [-0.25, -0.2) is 9.78 Å². The molecule has 1 aromatic rings. The van der Waals surface area contributed by atoms with Crippen LogP contribution in [0.1, 0.15) is 37.8 Å². The van der Waals surface area contributed by atoms with Crippen LogP contribution in [0.4, 0.5) is 11.5 Å². The first-order chi connectivity index (χ1) is 9.98. The summed E-state index contributed by atoms with van der Waals surface area (Å²) in [6.45, 7) is 0. The maximum atomic E-state index is 11.5. The first-order valence-electron chi connectivity index (χ1n) is 6.56. The van der Waals surface area contributed by atoms with Gasteiger partial charge in [-0.15, -0.1) is 0 Å². The zero-order chi connectivity index (χ0) is 15.5. The summed E-state index contributed by atoms with van der Waals surface area (Å²) in [5.41, 5.74) is -1.84. The quantitative estimate of drug-likeness (QED) is 0.641. The van der Waals surface area contributed by atoms with Crippen LogP contribution in [0.15, 0.2) is 12.1 Å². The second-order valence-corrected chi connectivity index (χ2v) is 5.01. The Balaban J connectivity index is 2.32. The lowest BCUT2D eigenvalue weighted by Crippen LogP contribution is -2.48. The highest BCUT2D eigenvalue weighted by molar-refractivity contribution is 5.82. The molecule has 1 saturated carbocycles. The van der Waals surface area contributed by atoms with Gasteiger partial charge in [-0.05, 0) is 18.9 Å². The van der Waals surface area contributed by atoms with E-state index in [9.17, 15) is 20.0 Å². The van der Waals surface area contributed by atoms with Crippen molar-refractivity contribution in [2.24, 2.45) is 0 Å². The van der Waals surface area contributed by atoms with Gasteiger partial charge in [-0.2, -0.15) is 5.26 Å². The van der Waals surface area contributed by atoms with Gasteiger partial charge in [-0.3, -0.25) is 10.1 Å². The number of aliphatic carboxylic acids is 1. The van der Waals surface area contributed by atoms with E-state index in [0.29, 0.717) is 12.8 Å². The molecule has 0 spiro atoms. The van der Waals surface area contributed by atoms with Crippen molar-refractivity contribution >= 4 is 17.5 Å². The summed E-state index contributed by atoms with van der Waals surface area (Å²) in [5, 5.41) is 32.0. The third kappa shape index (κ3) is 2.91. The Morgan fingerprint density at radius 2 is 2.10 bits per heavy atom. The number of anilines is 1. The Hall–Kier alpha value is -2.69.